The number of amides is 1. The molecular weight excluding hydrogens is 245 g/mol. The lowest BCUT2D eigenvalue weighted by atomic mass is 9.99. The minimum Gasteiger partial charge on any atom is -0.370 e. The maximum absolute atomic E-state index is 13.5. The summed E-state index contributed by atoms with van der Waals surface area (Å²) in [5, 5.41) is 0. The van der Waals surface area contributed by atoms with Crippen molar-refractivity contribution in [1.82, 2.24) is 0 Å². The second-order valence-corrected chi connectivity index (χ2v) is 3.89. The van der Waals surface area contributed by atoms with Crippen LogP contribution in [0.2, 0.25) is 0 Å². The molecule has 0 saturated carbocycles. The normalized spacial score (nSPS) is 10.3. The van der Waals surface area contributed by atoms with Gasteiger partial charge in [-0.1, -0.05) is 12.1 Å². The van der Waals surface area contributed by atoms with Crippen LogP contribution in [-0.4, -0.2) is 11.9 Å². The molecule has 0 aliphatic carbocycles. The summed E-state index contributed by atoms with van der Waals surface area (Å²) in [6, 6.07) is 6.06. The van der Waals surface area contributed by atoms with E-state index in [9.17, 15) is 9.18 Å². The molecule has 94 valence electrons. The number of hydrogen-bond donors (Lipinski definition) is 2. The van der Waals surface area contributed by atoms with Crippen LogP contribution in [0.4, 0.5) is 4.39 Å². The maximum Gasteiger partial charge on any atom is 0.280 e. The molecule has 0 atom stereocenters. The number of carbonyl (C=O) groups excluding carboxylic acids is 1. The molecule has 0 aromatic heterocycles. The maximum atomic E-state index is 13.5. The second-order valence-electron chi connectivity index (χ2n) is 3.89. The van der Waals surface area contributed by atoms with Gasteiger partial charge in [0.1, 0.15) is 5.67 Å². The molecule has 1 aromatic rings. The summed E-state index contributed by atoms with van der Waals surface area (Å²) in [6.07, 6.45) is 0. The van der Waals surface area contributed by atoms with E-state index in [0.717, 1.165) is 0 Å². The number of aliphatic imine (C=N–C) groups is 1. The van der Waals surface area contributed by atoms with Crippen molar-refractivity contribution in [2.45, 2.75) is 19.5 Å². The highest BCUT2D eigenvalue weighted by atomic mass is 35.5. The van der Waals surface area contributed by atoms with Gasteiger partial charge >= 0.3 is 0 Å². The molecular formula is C11H15ClFN3O. The molecule has 0 unspecified atom stereocenters. The summed E-state index contributed by atoms with van der Waals surface area (Å²) >= 11 is 0. The topological polar surface area (TPSA) is 81.5 Å². The summed E-state index contributed by atoms with van der Waals surface area (Å²) in [4.78, 5) is 14.8. The van der Waals surface area contributed by atoms with Gasteiger partial charge in [-0.05, 0) is 31.5 Å². The predicted octanol–water partition coefficient (Wildman–Crippen LogP) is 1.73. The van der Waals surface area contributed by atoms with Crippen molar-refractivity contribution in [1.29, 1.82) is 0 Å². The average Bonchev–Trinajstić information content (AvgIpc) is 2.15. The van der Waals surface area contributed by atoms with Gasteiger partial charge in [0.05, 0.1) is 0 Å². The first-order chi connectivity index (χ1) is 7.30. The molecule has 17 heavy (non-hydrogen) atoms. The summed E-state index contributed by atoms with van der Waals surface area (Å²) in [7, 11) is 0. The fraction of sp³-hybridized carbons (Fsp3) is 0.273. The van der Waals surface area contributed by atoms with Crippen molar-refractivity contribution in [2.75, 3.05) is 0 Å². The Morgan fingerprint density at radius 1 is 1.24 bits per heavy atom. The minimum absolute atomic E-state index is 0. The first-order valence-electron chi connectivity index (χ1n) is 4.74. The Balaban J connectivity index is 0.00000256. The van der Waals surface area contributed by atoms with Crippen LogP contribution < -0.4 is 11.5 Å². The van der Waals surface area contributed by atoms with Gasteiger partial charge in [-0.25, -0.2) is 4.39 Å². The molecule has 0 radical (unpaired) electrons. The quantitative estimate of drug-likeness (QED) is 0.627. The second kappa shape index (κ2) is 5.63. The standard InChI is InChI=1S/C11H14FN3O.ClH/c1-11(2,12)8-5-3-7(4-6-8)9(16)15-10(13)14;/h3-6H,1-2H3,(H4,13,14,15,16);1H. The van der Waals surface area contributed by atoms with Crippen molar-refractivity contribution in [3.8, 4) is 0 Å². The first kappa shape index (κ1) is 15.4. The van der Waals surface area contributed by atoms with Crippen LogP contribution in [0.25, 0.3) is 0 Å². The van der Waals surface area contributed by atoms with Crippen molar-refractivity contribution in [3.63, 3.8) is 0 Å². The van der Waals surface area contributed by atoms with Crippen LogP contribution in [0, 0.1) is 0 Å². The van der Waals surface area contributed by atoms with Crippen molar-refractivity contribution < 1.29 is 9.18 Å². The summed E-state index contributed by atoms with van der Waals surface area (Å²) in [6.45, 7) is 2.89. The molecule has 1 amide bonds. The van der Waals surface area contributed by atoms with Gasteiger partial charge in [-0.3, -0.25) is 4.79 Å². The molecule has 0 aliphatic rings. The number of hydrogen-bond acceptors (Lipinski definition) is 1. The van der Waals surface area contributed by atoms with E-state index in [4.69, 9.17) is 11.5 Å². The predicted molar refractivity (Wildman–Crippen MR) is 68.0 cm³/mol. The largest absolute Gasteiger partial charge is 0.370 e. The highest BCUT2D eigenvalue weighted by Crippen LogP contribution is 2.24. The Bertz CT molecular complexity index is 419. The van der Waals surface area contributed by atoms with E-state index >= 15 is 0 Å². The van der Waals surface area contributed by atoms with Crippen molar-refractivity contribution in [2.24, 2.45) is 16.5 Å². The van der Waals surface area contributed by atoms with Gasteiger partial charge in [0.25, 0.3) is 5.91 Å². The van der Waals surface area contributed by atoms with E-state index < -0.39 is 11.6 Å². The fourth-order valence-electron chi connectivity index (χ4n) is 1.19. The fourth-order valence-corrected chi connectivity index (χ4v) is 1.19. The molecule has 1 rings (SSSR count). The number of benzene rings is 1. The van der Waals surface area contributed by atoms with Crippen molar-refractivity contribution in [3.05, 3.63) is 35.4 Å². The van der Waals surface area contributed by atoms with Crippen LogP contribution in [0.5, 0.6) is 0 Å². The molecule has 6 heteroatoms. The van der Waals surface area contributed by atoms with Crippen LogP contribution >= 0.6 is 12.4 Å². The third-order valence-corrected chi connectivity index (χ3v) is 2.05. The molecule has 0 spiro atoms. The van der Waals surface area contributed by atoms with E-state index in [1.165, 1.54) is 38.1 Å². The summed E-state index contributed by atoms with van der Waals surface area (Å²) < 4.78 is 13.5. The Hall–Kier alpha value is -1.62. The van der Waals surface area contributed by atoms with Gasteiger partial charge in [-0.15, -0.1) is 12.4 Å². The Labute approximate surface area is 105 Å². The molecule has 4 nitrogen and oxygen atoms in total. The molecule has 0 aliphatic heterocycles. The molecule has 0 fully saturated rings. The van der Waals surface area contributed by atoms with Crippen LogP contribution in [0.15, 0.2) is 29.3 Å². The minimum atomic E-state index is -1.43. The third-order valence-electron chi connectivity index (χ3n) is 2.05. The van der Waals surface area contributed by atoms with Crippen LogP contribution in [0.1, 0.15) is 29.8 Å². The zero-order valence-corrected chi connectivity index (χ0v) is 10.4. The van der Waals surface area contributed by atoms with E-state index in [2.05, 4.69) is 4.99 Å². The zero-order valence-electron chi connectivity index (χ0n) is 9.61. The van der Waals surface area contributed by atoms with Gasteiger partial charge in [0, 0.05) is 5.56 Å². The molecule has 1 aromatic carbocycles. The monoisotopic (exact) mass is 259 g/mol. The molecule has 4 N–H and O–H groups in total. The number of guanidine groups is 1. The zero-order chi connectivity index (χ0) is 12.3. The molecule has 0 saturated heterocycles. The number of nitrogens with zero attached hydrogens (tertiary/aromatic N) is 1. The Morgan fingerprint density at radius 3 is 2.06 bits per heavy atom. The number of alkyl halides is 1. The SMILES string of the molecule is CC(C)(F)c1ccc(C(=O)N=C(N)N)cc1.Cl. The number of carbonyl (C=O) groups is 1. The summed E-state index contributed by atoms with van der Waals surface area (Å²) in [5.74, 6) is -0.830. The lowest BCUT2D eigenvalue weighted by Gasteiger charge is -2.14. The van der Waals surface area contributed by atoms with E-state index in [0.29, 0.717) is 11.1 Å². The van der Waals surface area contributed by atoms with E-state index in [-0.39, 0.29) is 18.4 Å². The molecule has 0 bridgehead atoms. The smallest absolute Gasteiger partial charge is 0.280 e. The highest BCUT2D eigenvalue weighted by molar-refractivity contribution is 6.01. The van der Waals surface area contributed by atoms with Crippen LogP contribution in [-0.2, 0) is 5.67 Å². The van der Waals surface area contributed by atoms with Gasteiger partial charge in [0.2, 0.25) is 0 Å². The average molecular weight is 260 g/mol. The number of halogens is 2. The first-order valence-corrected chi connectivity index (χ1v) is 4.74. The Morgan fingerprint density at radius 2 is 1.71 bits per heavy atom. The third kappa shape index (κ3) is 4.40. The number of rotatable bonds is 2. The van der Waals surface area contributed by atoms with Gasteiger partial charge in [0.15, 0.2) is 5.96 Å². The lowest BCUT2D eigenvalue weighted by Crippen LogP contribution is -2.24. The Kier molecular flexibility index (Phi) is 5.10. The summed E-state index contributed by atoms with van der Waals surface area (Å²) in [5.41, 5.74) is 9.54. The molecule has 0 heterocycles. The van der Waals surface area contributed by atoms with Gasteiger partial charge in [-0.2, -0.15) is 4.99 Å². The van der Waals surface area contributed by atoms with E-state index in [1.807, 2.05) is 0 Å². The van der Waals surface area contributed by atoms with Crippen LogP contribution in [0.3, 0.4) is 0 Å². The highest BCUT2D eigenvalue weighted by Gasteiger charge is 2.18. The lowest BCUT2D eigenvalue weighted by molar-refractivity contribution is 0.100. The van der Waals surface area contributed by atoms with Crippen molar-refractivity contribution >= 4 is 24.3 Å². The van der Waals surface area contributed by atoms with Gasteiger partial charge < -0.3 is 11.5 Å². The van der Waals surface area contributed by atoms with E-state index in [1.54, 1.807) is 0 Å². The number of nitrogens with two attached hydrogens (primary N) is 2.